The summed E-state index contributed by atoms with van der Waals surface area (Å²) in [6.07, 6.45) is 0. The lowest BCUT2D eigenvalue weighted by atomic mass is 10.1. The molecule has 0 aliphatic carbocycles. The fourth-order valence-electron chi connectivity index (χ4n) is 2.63. The number of benzene rings is 2. The lowest BCUT2D eigenvalue weighted by molar-refractivity contribution is 0.696. The fraction of sp³-hybridized carbons (Fsp3) is 0.111. The number of aromatic nitrogens is 2. The monoisotopic (exact) mass is 349 g/mol. The molecule has 0 aliphatic heterocycles. The van der Waals surface area contributed by atoms with Crippen LogP contribution >= 0.6 is 11.6 Å². The quantitative estimate of drug-likeness (QED) is 0.765. The van der Waals surface area contributed by atoms with Gasteiger partial charge in [-0.25, -0.2) is 4.98 Å². The van der Waals surface area contributed by atoms with Crippen LogP contribution < -0.4 is 11.3 Å². The molecule has 3 rings (SSSR count). The van der Waals surface area contributed by atoms with Crippen molar-refractivity contribution in [1.29, 1.82) is 10.5 Å². The summed E-state index contributed by atoms with van der Waals surface area (Å²) < 4.78 is 1.31. The SMILES string of the molecule is C[C@H](N)c1nc2cccc(Cl)c2c(=O)n1-c1cc(C#N)cc(C#N)c1. The summed E-state index contributed by atoms with van der Waals surface area (Å²) in [6.45, 7) is 1.70. The van der Waals surface area contributed by atoms with Gasteiger partial charge in [0.1, 0.15) is 5.82 Å². The number of nitriles is 2. The van der Waals surface area contributed by atoms with Crippen molar-refractivity contribution in [3.8, 4) is 17.8 Å². The van der Waals surface area contributed by atoms with Crippen molar-refractivity contribution in [3.05, 3.63) is 68.7 Å². The highest BCUT2D eigenvalue weighted by atomic mass is 35.5. The van der Waals surface area contributed by atoms with E-state index in [1.807, 2.05) is 12.1 Å². The molecule has 0 radical (unpaired) electrons. The molecule has 0 bridgehead atoms. The van der Waals surface area contributed by atoms with Gasteiger partial charge in [-0.2, -0.15) is 10.5 Å². The highest BCUT2D eigenvalue weighted by Crippen LogP contribution is 2.23. The van der Waals surface area contributed by atoms with Gasteiger partial charge in [0, 0.05) is 0 Å². The minimum absolute atomic E-state index is 0.259. The highest BCUT2D eigenvalue weighted by Gasteiger charge is 2.18. The summed E-state index contributed by atoms with van der Waals surface area (Å²) in [4.78, 5) is 17.6. The van der Waals surface area contributed by atoms with E-state index in [0.717, 1.165) is 0 Å². The van der Waals surface area contributed by atoms with Crippen LogP contribution in [0, 0.1) is 22.7 Å². The second kappa shape index (κ2) is 6.37. The van der Waals surface area contributed by atoms with Gasteiger partial charge >= 0.3 is 0 Å². The molecule has 1 heterocycles. The maximum absolute atomic E-state index is 13.1. The Labute approximate surface area is 148 Å². The molecule has 6 nitrogen and oxygen atoms in total. The topological polar surface area (TPSA) is 108 Å². The Morgan fingerprint density at radius 2 is 1.84 bits per heavy atom. The number of hydrogen-bond donors (Lipinski definition) is 1. The van der Waals surface area contributed by atoms with E-state index in [9.17, 15) is 15.3 Å². The van der Waals surface area contributed by atoms with Crippen molar-refractivity contribution in [1.82, 2.24) is 9.55 Å². The lowest BCUT2D eigenvalue weighted by Crippen LogP contribution is -2.27. The van der Waals surface area contributed by atoms with E-state index in [-0.39, 0.29) is 21.5 Å². The zero-order valence-electron chi connectivity index (χ0n) is 13.2. The highest BCUT2D eigenvalue weighted by molar-refractivity contribution is 6.35. The van der Waals surface area contributed by atoms with Gasteiger partial charge in [0.25, 0.3) is 5.56 Å². The summed E-state index contributed by atoms with van der Waals surface area (Å²) in [6, 6.07) is 12.9. The first kappa shape index (κ1) is 16.7. The van der Waals surface area contributed by atoms with Crippen LogP contribution in [-0.2, 0) is 0 Å². The van der Waals surface area contributed by atoms with Gasteiger partial charge in [-0.1, -0.05) is 17.7 Å². The molecule has 0 fully saturated rings. The van der Waals surface area contributed by atoms with Crippen LogP contribution in [0.5, 0.6) is 0 Å². The second-order valence-corrected chi connectivity index (χ2v) is 5.93. The van der Waals surface area contributed by atoms with Crippen LogP contribution in [-0.4, -0.2) is 9.55 Å². The fourth-order valence-corrected chi connectivity index (χ4v) is 2.88. The van der Waals surface area contributed by atoms with Gasteiger partial charge in [-0.15, -0.1) is 0 Å². The molecule has 3 aromatic rings. The molecule has 0 amide bonds. The molecule has 1 atom stereocenters. The Balaban J connectivity index is 2.48. The van der Waals surface area contributed by atoms with Crippen LogP contribution in [0.3, 0.4) is 0 Å². The predicted molar refractivity (Wildman–Crippen MR) is 94.4 cm³/mol. The molecule has 7 heteroatoms. The zero-order valence-corrected chi connectivity index (χ0v) is 13.9. The van der Waals surface area contributed by atoms with Gasteiger partial charge in [-0.05, 0) is 37.3 Å². The van der Waals surface area contributed by atoms with Crippen molar-refractivity contribution in [2.45, 2.75) is 13.0 Å². The van der Waals surface area contributed by atoms with E-state index < -0.39 is 11.6 Å². The summed E-state index contributed by atoms with van der Waals surface area (Å²) in [5.74, 6) is 0.318. The van der Waals surface area contributed by atoms with E-state index >= 15 is 0 Å². The van der Waals surface area contributed by atoms with Crippen LogP contribution in [0.15, 0.2) is 41.2 Å². The zero-order chi connectivity index (χ0) is 18.1. The summed E-state index contributed by atoms with van der Waals surface area (Å²) >= 11 is 6.18. The minimum atomic E-state index is -0.549. The summed E-state index contributed by atoms with van der Waals surface area (Å²) in [7, 11) is 0. The van der Waals surface area contributed by atoms with Crippen LogP contribution in [0.25, 0.3) is 16.6 Å². The van der Waals surface area contributed by atoms with E-state index in [2.05, 4.69) is 4.98 Å². The molecule has 25 heavy (non-hydrogen) atoms. The minimum Gasteiger partial charge on any atom is -0.322 e. The summed E-state index contributed by atoms with van der Waals surface area (Å²) in [5.41, 5.74) is 6.92. The molecular weight excluding hydrogens is 338 g/mol. The van der Waals surface area contributed by atoms with E-state index in [1.54, 1.807) is 25.1 Å². The Kier molecular flexibility index (Phi) is 4.24. The second-order valence-electron chi connectivity index (χ2n) is 5.53. The van der Waals surface area contributed by atoms with Gasteiger partial charge in [0.05, 0.1) is 50.9 Å². The molecule has 2 N–H and O–H groups in total. The average Bonchev–Trinajstić information content (AvgIpc) is 2.60. The van der Waals surface area contributed by atoms with Crippen LogP contribution in [0.2, 0.25) is 5.02 Å². The van der Waals surface area contributed by atoms with E-state index in [1.165, 1.54) is 22.8 Å². The molecule has 0 aliphatic rings. The van der Waals surface area contributed by atoms with Crippen molar-refractivity contribution in [3.63, 3.8) is 0 Å². The maximum atomic E-state index is 13.1. The Morgan fingerprint density at radius 3 is 2.40 bits per heavy atom. The third kappa shape index (κ3) is 2.85. The van der Waals surface area contributed by atoms with Crippen LogP contribution in [0.1, 0.15) is 29.9 Å². The van der Waals surface area contributed by atoms with Gasteiger partial charge in [0.2, 0.25) is 0 Å². The normalized spacial score (nSPS) is 11.7. The number of hydrogen-bond acceptors (Lipinski definition) is 5. The summed E-state index contributed by atoms with van der Waals surface area (Å²) in [5, 5.41) is 18.9. The number of nitrogens with two attached hydrogens (primary N) is 1. The Hall–Kier alpha value is -3.19. The third-order valence-corrected chi connectivity index (χ3v) is 4.03. The molecule has 0 saturated carbocycles. The Morgan fingerprint density at radius 1 is 1.20 bits per heavy atom. The molecule has 1 aromatic heterocycles. The number of fused-ring (bicyclic) bond motifs is 1. The van der Waals surface area contributed by atoms with Gasteiger partial charge in [-0.3, -0.25) is 9.36 Å². The van der Waals surface area contributed by atoms with Gasteiger partial charge < -0.3 is 5.73 Å². The number of halogens is 1. The van der Waals surface area contributed by atoms with Crippen molar-refractivity contribution >= 4 is 22.5 Å². The van der Waals surface area contributed by atoms with Crippen LogP contribution in [0.4, 0.5) is 0 Å². The van der Waals surface area contributed by atoms with Crippen molar-refractivity contribution < 1.29 is 0 Å². The van der Waals surface area contributed by atoms with Crippen molar-refractivity contribution in [2.24, 2.45) is 5.73 Å². The standard InChI is InChI=1S/C18H12ClN5O/c1-10(22)17-23-15-4-2-3-14(19)16(15)18(25)24(17)13-6-11(8-20)5-12(7-13)9-21/h2-7,10H,22H2,1H3/t10-/m0/s1. The van der Waals surface area contributed by atoms with E-state index in [4.69, 9.17) is 17.3 Å². The first-order valence-corrected chi connectivity index (χ1v) is 7.76. The molecule has 0 unspecified atom stereocenters. The molecule has 2 aromatic carbocycles. The average molecular weight is 350 g/mol. The van der Waals surface area contributed by atoms with Crippen molar-refractivity contribution in [2.75, 3.05) is 0 Å². The first-order valence-electron chi connectivity index (χ1n) is 7.38. The Bertz CT molecular complexity index is 1100. The largest absolute Gasteiger partial charge is 0.322 e. The predicted octanol–water partition coefficient (Wildman–Crippen LogP) is 2.80. The number of nitrogens with zero attached hydrogens (tertiary/aromatic N) is 4. The molecule has 122 valence electrons. The van der Waals surface area contributed by atoms with E-state index in [0.29, 0.717) is 17.0 Å². The first-order chi connectivity index (χ1) is 12.0. The smallest absolute Gasteiger partial charge is 0.267 e. The third-order valence-electron chi connectivity index (χ3n) is 3.71. The lowest BCUT2D eigenvalue weighted by Gasteiger charge is -2.16. The molecule has 0 spiro atoms. The maximum Gasteiger partial charge on any atom is 0.267 e. The molecular formula is C18H12ClN5O. The van der Waals surface area contributed by atoms with Gasteiger partial charge in [0.15, 0.2) is 0 Å². The number of rotatable bonds is 2. The molecule has 0 saturated heterocycles.